The van der Waals surface area contributed by atoms with Crippen LogP contribution in [0.4, 0.5) is 0 Å². The molecule has 1 aromatic heterocycles. The molecule has 1 atom stereocenters. The molecule has 5 nitrogen and oxygen atoms in total. The molecule has 0 aliphatic carbocycles. The zero-order valence-corrected chi connectivity index (χ0v) is 14.6. The fraction of sp³-hybridized carbons (Fsp3) is 0.158. The molecule has 0 fully saturated rings. The summed E-state index contributed by atoms with van der Waals surface area (Å²) in [6, 6.07) is 18.2. The second-order valence-electron chi connectivity index (χ2n) is 5.53. The fourth-order valence-corrected chi connectivity index (χ4v) is 3.34. The van der Waals surface area contributed by atoms with Gasteiger partial charge in [0.15, 0.2) is 0 Å². The Hall–Kier alpha value is -2.57. The number of nitrogens with one attached hydrogen (secondary N) is 3. The van der Waals surface area contributed by atoms with Crippen LogP contribution in [0, 0.1) is 0 Å². The van der Waals surface area contributed by atoms with Gasteiger partial charge in [-0.2, -0.15) is 0 Å². The monoisotopic (exact) mass is 353 g/mol. The highest BCUT2D eigenvalue weighted by Gasteiger charge is 2.19. The van der Waals surface area contributed by atoms with Crippen molar-refractivity contribution in [3.05, 3.63) is 76.6 Å². The molecule has 1 heterocycles. The number of fused-ring (bicyclic) bond motifs is 1. The number of pyridine rings is 1. The van der Waals surface area contributed by atoms with Gasteiger partial charge in [-0.1, -0.05) is 30.3 Å². The first-order valence-corrected chi connectivity index (χ1v) is 8.87. The molecular weight excluding hydrogens is 334 g/mol. The third-order valence-electron chi connectivity index (χ3n) is 3.74. The van der Waals surface area contributed by atoms with Crippen molar-refractivity contribution in [2.75, 3.05) is 6.54 Å². The minimum Gasteiger partial charge on any atom is -0.355 e. The van der Waals surface area contributed by atoms with Crippen LogP contribution in [-0.2, 0) is 4.79 Å². The van der Waals surface area contributed by atoms with Crippen LogP contribution in [-0.4, -0.2) is 17.4 Å². The molecule has 0 spiro atoms. The zero-order valence-electron chi connectivity index (χ0n) is 13.8. The van der Waals surface area contributed by atoms with E-state index < -0.39 is 6.04 Å². The predicted octanol–water partition coefficient (Wildman–Crippen LogP) is 3.00. The highest BCUT2D eigenvalue weighted by Crippen LogP contribution is 2.24. The molecule has 3 N–H and O–H groups in total. The number of aromatic amines is 1. The van der Waals surface area contributed by atoms with E-state index in [1.165, 1.54) is 18.0 Å². The highest BCUT2D eigenvalue weighted by molar-refractivity contribution is 7.97. The number of rotatable bonds is 6. The van der Waals surface area contributed by atoms with E-state index in [0.29, 0.717) is 6.54 Å². The van der Waals surface area contributed by atoms with Gasteiger partial charge in [0.1, 0.15) is 6.04 Å². The van der Waals surface area contributed by atoms with E-state index in [4.69, 9.17) is 0 Å². The van der Waals surface area contributed by atoms with Crippen LogP contribution in [0.1, 0.15) is 18.5 Å². The van der Waals surface area contributed by atoms with Crippen molar-refractivity contribution in [3.63, 3.8) is 0 Å². The third kappa shape index (κ3) is 4.29. The first-order chi connectivity index (χ1) is 12.2. The highest BCUT2D eigenvalue weighted by atomic mass is 32.2. The number of likely N-dealkylation sites (N-methyl/N-ethyl adjacent to an activating group) is 1. The maximum absolute atomic E-state index is 12.4. The number of amides is 1. The first kappa shape index (κ1) is 17.3. The smallest absolute Gasteiger partial charge is 0.248 e. The van der Waals surface area contributed by atoms with Crippen molar-refractivity contribution >= 4 is 28.8 Å². The third-order valence-corrected chi connectivity index (χ3v) is 4.58. The number of carbonyl (C=O) groups excluding carboxylic acids is 1. The Morgan fingerprint density at radius 3 is 2.68 bits per heavy atom. The molecule has 0 radical (unpaired) electrons. The number of hydrogen-bond acceptors (Lipinski definition) is 4. The van der Waals surface area contributed by atoms with Crippen molar-refractivity contribution in [2.45, 2.75) is 17.9 Å². The Labute approximate surface area is 150 Å². The van der Waals surface area contributed by atoms with Gasteiger partial charge in [0.2, 0.25) is 11.5 Å². The minimum atomic E-state index is -0.447. The lowest BCUT2D eigenvalue weighted by Crippen LogP contribution is -2.34. The van der Waals surface area contributed by atoms with E-state index in [2.05, 4.69) is 15.0 Å². The van der Waals surface area contributed by atoms with E-state index in [1.54, 1.807) is 6.07 Å². The van der Waals surface area contributed by atoms with Gasteiger partial charge in [0.25, 0.3) is 0 Å². The Balaban J connectivity index is 1.79. The molecule has 2 aromatic carbocycles. The fourth-order valence-electron chi connectivity index (χ4n) is 2.52. The molecule has 0 saturated heterocycles. The van der Waals surface area contributed by atoms with Gasteiger partial charge in [-0.05, 0) is 54.1 Å². The summed E-state index contributed by atoms with van der Waals surface area (Å²) >= 11 is 1.39. The number of carbonyl (C=O) groups is 1. The van der Waals surface area contributed by atoms with Gasteiger partial charge in [-0.15, -0.1) is 0 Å². The topological polar surface area (TPSA) is 74.0 Å². The van der Waals surface area contributed by atoms with E-state index in [0.717, 1.165) is 21.4 Å². The molecular formula is C19H19N3O2S. The lowest BCUT2D eigenvalue weighted by Gasteiger charge is -2.18. The van der Waals surface area contributed by atoms with Crippen LogP contribution in [0.5, 0.6) is 0 Å². The molecule has 0 aliphatic heterocycles. The maximum atomic E-state index is 12.4. The van der Waals surface area contributed by atoms with Crippen molar-refractivity contribution in [1.82, 2.24) is 15.0 Å². The molecule has 0 saturated carbocycles. The molecule has 3 rings (SSSR count). The van der Waals surface area contributed by atoms with Crippen LogP contribution in [0.2, 0.25) is 0 Å². The molecule has 3 aromatic rings. The van der Waals surface area contributed by atoms with Gasteiger partial charge in [-0.25, -0.2) is 4.72 Å². The van der Waals surface area contributed by atoms with Crippen LogP contribution < -0.4 is 15.6 Å². The second kappa shape index (κ2) is 8.00. The number of benzene rings is 2. The van der Waals surface area contributed by atoms with Crippen LogP contribution in [0.25, 0.3) is 10.9 Å². The maximum Gasteiger partial charge on any atom is 0.248 e. The average molecular weight is 353 g/mol. The summed E-state index contributed by atoms with van der Waals surface area (Å²) in [5, 5.41) is 3.81. The molecule has 0 bridgehead atoms. The Morgan fingerprint density at radius 1 is 1.12 bits per heavy atom. The van der Waals surface area contributed by atoms with E-state index in [1.807, 2.05) is 55.5 Å². The normalized spacial score (nSPS) is 12.0. The largest absolute Gasteiger partial charge is 0.355 e. The van der Waals surface area contributed by atoms with Crippen molar-refractivity contribution < 1.29 is 4.79 Å². The van der Waals surface area contributed by atoms with E-state index in [9.17, 15) is 9.59 Å². The first-order valence-electron chi connectivity index (χ1n) is 8.05. The Morgan fingerprint density at radius 2 is 1.92 bits per heavy atom. The lowest BCUT2D eigenvalue weighted by atomic mass is 10.1. The average Bonchev–Trinajstić information content (AvgIpc) is 2.63. The van der Waals surface area contributed by atoms with Gasteiger partial charge in [0, 0.05) is 23.0 Å². The lowest BCUT2D eigenvalue weighted by molar-refractivity contribution is -0.122. The summed E-state index contributed by atoms with van der Waals surface area (Å²) < 4.78 is 3.25. The van der Waals surface area contributed by atoms with E-state index in [-0.39, 0.29) is 11.5 Å². The summed E-state index contributed by atoms with van der Waals surface area (Å²) in [6.45, 7) is 2.48. The molecule has 1 amide bonds. The second-order valence-corrected chi connectivity index (χ2v) is 6.44. The van der Waals surface area contributed by atoms with Crippen molar-refractivity contribution in [2.24, 2.45) is 0 Å². The molecule has 6 heteroatoms. The summed E-state index contributed by atoms with van der Waals surface area (Å²) in [5.74, 6) is -0.0636. The molecule has 0 aliphatic rings. The molecule has 25 heavy (non-hydrogen) atoms. The van der Waals surface area contributed by atoms with Crippen LogP contribution in [0.3, 0.4) is 0 Å². The van der Waals surface area contributed by atoms with Gasteiger partial charge in [0.05, 0.1) is 0 Å². The van der Waals surface area contributed by atoms with Crippen molar-refractivity contribution in [1.29, 1.82) is 0 Å². The predicted molar refractivity (Wildman–Crippen MR) is 101 cm³/mol. The van der Waals surface area contributed by atoms with Gasteiger partial charge >= 0.3 is 0 Å². The molecule has 128 valence electrons. The quantitative estimate of drug-likeness (QED) is 0.596. The van der Waals surface area contributed by atoms with E-state index >= 15 is 0 Å². The summed E-state index contributed by atoms with van der Waals surface area (Å²) in [4.78, 5) is 27.5. The summed E-state index contributed by atoms with van der Waals surface area (Å²) in [6.07, 6.45) is 0. The SMILES string of the molecule is CCNC(=O)[C@H](NSc1ccc2[nH]c(=O)ccc2c1)c1ccccc1. The standard InChI is InChI=1S/C19H19N3O2S/c1-2-20-19(24)18(13-6-4-3-5-7-13)22-25-15-9-10-16-14(12-15)8-11-17(23)21-16/h3-12,18,22H,2H2,1H3,(H,20,24)(H,21,23)/t18-/m1/s1. The van der Waals surface area contributed by atoms with Crippen molar-refractivity contribution in [3.8, 4) is 0 Å². The summed E-state index contributed by atoms with van der Waals surface area (Å²) in [5.41, 5.74) is 1.58. The zero-order chi connectivity index (χ0) is 17.6. The minimum absolute atomic E-state index is 0.0636. The summed E-state index contributed by atoms with van der Waals surface area (Å²) in [7, 11) is 0. The van der Waals surface area contributed by atoms with Gasteiger partial charge in [-0.3, -0.25) is 9.59 Å². The van der Waals surface area contributed by atoms with Crippen LogP contribution >= 0.6 is 11.9 Å². The van der Waals surface area contributed by atoms with Crippen LogP contribution in [0.15, 0.2) is 70.4 Å². The Kier molecular flexibility index (Phi) is 5.53. The molecule has 0 unspecified atom stereocenters. The number of hydrogen-bond donors (Lipinski definition) is 3. The number of aromatic nitrogens is 1. The Bertz CT molecular complexity index is 925. The van der Waals surface area contributed by atoms with Gasteiger partial charge < -0.3 is 10.3 Å². The number of H-pyrrole nitrogens is 1.